The van der Waals surface area contributed by atoms with Crippen molar-refractivity contribution in [3.63, 3.8) is 0 Å². The van der Waals surface area contributed by atoms with Gasteiger partial charge in [0.15, 0.2) is 0 Å². The maximum Gasteiger partial charge on any atom is 0.236 e. The van der Waals surface area contributed by atoms with Gasteiger partial charge in [-0.05, 0) is 85.9 Å². The predicted octanol–water partition coefficient (Wildman–Crippen LogP) is 3.14. The molecular weight excluding hydrogens is 813 g/mol. The van der Waals surface area contributed by atoms with Crippen molar-refractivity contribution in [2.24, 2.45) is 0 Å². The molecular formula is C44H59Cl2N5O9. The number of aryl methyl sites for hydroxylation is 1. The van der Waals surface area contributed by atoms with E-state index in [0.29, 0.717) is 62.1 Å². The molecule has 16 heteroatoms. The number of ether oxygens (including phenoxy) is 2. The van der Waals surface area contributed by atoms with Crippen LogP contribution in [0.15, 0.2) is 54.9 Å². The van der Waals surface area contributed by atoms with Gasteiger partial charge in [-0.2, -0.15) is 0 Å². The van der Waals surface area contributed by atoms with Gasteiger partial charge in [-0.1, -0.05) is 41.4 Å². The van der Waals surface area contributed by atoms with Crippen LogP contribution in [-0.2, 0) is 33.0 Å². The van der Waals surface area contributed by atoms with Gasteiger partial charge < -0.3 is 45.2 Å². The minimum atomic E-state index is -1.75. The lowest BCUT2D eigenvalue weighted by Crippen LogP contribution is -2.53. The topological polar surface area (TPSA) is 188 Å². The number of nitrogens with zero attached hydrogens (tertiary/aromatic N) is 4. The molecule has 2 amide bonds. The Hall–Kier alpha value is -3.41. The summed E-state index contributed by atoms with van der Waals surface area (Å²) < 4.78 is 12.9. The number of hydrogen-bond donors (Lipinski definition) is 6. The summed E-state index contributed by atoms with van der Waals surface area (Å²) in [6.07, 6.45) is 3.95. The van der Waals surface area contributed by atoms with Crippen LogP contribution >= 0.6 is 23.2 Å². The minimum Gasteiger partial charge on any atom is -0.490 e. The van der Waals surface area contributed by atoms with Crippen molar-refractivity contribution in [3.05, 3.63) is 81.6 Å². The number of aromatic nitrogens is 1. The standard InChI is InChI=1S/C44H59Cl2N5O9/c1-49(25-37(53)42(57)43(58)38(54)27-52)41(56)26-51-20-18-50(19-21-51)17-16-48-40(55)9-5-2-6-29-22-36(46)30(23-35(29)45)28-59-44(13-14-44)34-24-47-15-12-32(34)33-7-3-4-8-39(33)60-31-10-11-31/h3-4,7-8,12,15,22-24,31,37-38,42-43,52-54,57-58H,2,5-6,9-11,13-14,16-21,25-28H2,1H3,(H,48,55)/t37-,38?,42+,43+/m0/s1. The lowest BCUT2D eigenvalue weighted by Gasteiger charge is -2.35. The number of carbonyl (C=O) groups is 2. The van der Waals surface area contributed by atoms with Crippen LogP contribution < -0.4 is 10.1 Å². The van der Waals surface area contributed by atoms with E-state index in [1.807, 2.05) is 53.7 Å². The van der Waals surface area contributed by atoms with Gasteiger partial charge in [0.1, 0.15) is 30.2 Å². The third kappa shape index (κ3) is 12.6. The monoisotopic (exact) mass is 871 g/mol. The maximum atomic E-state index is 12.7. The highest BCUT2D eigenvalue weighted by Gasteiger charge is 2.48. The molecule has 14 nitrogen and oxygen atoms in total. The summed E-state index contributed by atoms with van der Waals surface area (Å²) in [5.41, 5.74) is 4.46. The molecule has 3 aromatic rings. The van der Waals surface area contributed by atoms with E-state index < -0.39 is 36.6 Å². The summed E-state index contributed by atoms with van der Waals surface area (Å²) in [6, 6.07) is 14.0. The second-order valence-corrected chi connectivity index (χ2v) is 17.1. The number of para-hydroxylation sites is 1. The number of amides is 2. The fourth-order valence-electron chi connectivity index (χ4n) is 7.48. The SMILES string of the molecule is CN(C[C@H](O)[C@@H](O)[C@H](O)C(O)CO)C(=O)CN1CCN(CCNC(=O)CCCCc2cc(Cl)c(COC3(c4cnccc4-c4ccccc4OC4CC4)CC3)cc2Cl)CC1. The molecule has 6 N–H and O–H groups in total. The van der Waals surface area contributed by atoms with Crippen molar-refractivity contribution in [2.45, 2.75) is 94.1 Å². The number of carbonyl (C=O) groups excluding carboxylic acids is 2. The third-order valence-electron chi connectivity index (χ3n) is 11.6. The zero-order valence-electron chi connectivity index (χ0n) is 34.2. The first-order valence-corrected chi connectivity index (χ1v) is 21.7. The molecule has 3 fully saturated rings. The highest BCUT2D eigenvalue weighted by molar-refractivity contribution is 6.34. The summed E-state index contributed by atoms with van der Waals surface area (Å²) in [5.74, 6) is 0.616. The van der Waals surface area contributed by atoms with Gasteiger partial charge in [0.05, 0.1) is 31.5 Å². The molecule has 4 atom stereocenters. The zero-order valence-corrected chi connectivity index (χ0v) is 35.7. The smallest absolute Gasteiger partial charge is 0.236 e. The Labute approximate surface area is 362 Å². The van der Waals surface area contributed by atoms with E-state index in [2.05, 4.69) is 21.3 Å². The van der Waals surface area contributed by atoms with Crippen LogP contribution in [0.3, 0.4) is 0 Å². The number of unbranched alkanes of at least 4 members (excludes halogenated alkanes) is 1. The maximum absolute atomic E-state index is 12.7. The number of benzene rings is 2. The van der Waals surface area contributed by atoms with Crippen molar-refractivity contribution in [3.8, 4) is 16.9 Å². The molecule has 2 heterocycles. The van der Waals surface area contributed by atoms with Crippen molar-refractivity contribution in [1.82, 2.24) is 25.0 Å². The van der Waals surface area contributed by atoms with Crippen LogP contribution in [0.1, 0.15) is 61.6 Å². The summed E-state index contributed by atoms with van der Waals surface area (Å²) in [4.78, 5) is 35.3. The Balaban J connectivity index is 0.866. The van der Waals surface area contributed by atoms with Crippen molar-refractivity contribution in [2.75, 3.05) is 66.0 Å². The van der Waals surface area contributed by atoms with Crippen LogP contribution in [0.4, 0.5) is 0 Å². The zero-order chi connectivity index (χ0) is 42.8. The molecule has 1 unspecified atom stereocenters. The van der Waals surface area contributed by atoms with Crippen LogP contribution in [0.5, 0.6) is 5.75 Å². The van der Waals surface area contributed by atoms with Gasteiger partial charge in [-0.15, -0.1) is 0 Å². The first-order chi connectivity index (χ1) is 28.9. The first kappa shape index (κ1) is 46.1. The van der Waals surface area contributed by atoms with Gasteiger partial charge in [0.25, 0.3) is 0 Å². The number of rotatable bonds is 23. The Morgan fingerprint density at radius 2 is 1.62 bits per heavy atom. The van der Waals surface area contributed by atoms with Gasteiger partial charge in [-0.3, -0.25) is 24.4 Å². The molecule has 328 valence electrons. The quantitative estimate of drug-likeness (QED) is 0.0766. The molecule has 0 radical (unpaired) electrons. The van der Waals surface area contributed by atoms with Crippen LogP contribution in [0.2, 0.25) is 10.0 Å². The Bertz CT molecular complexity index is 1890. The summed E-state index contributed by atoms with van der Waals surface area (Å²) in [6.45, 7) is 3.39. The van der Waals surface area contributed by atoms with E-state index in [1.54, 1.807) is 0 Å². The second-order valence-electron chi connectivity index (χ2n) is 16.3. The van der Waals surface area contributed by atoms with Crippen molar-refractivity contribution >= 4 is 35.0 Å². The van der Waals surface area contributed by atoms with E-state index in [-0.39, 0.29) is 31.0 Å². The molecule has 2 aromatic carbocycles. The number of hydrogen-bond acceptors (Lipinski definition) is 12. The van der Waals surface area contributed by atoms with Gasteiger partial charge in [0.2, 0.25) is 11.8 Å². The number of halogens is 2. The Morgan fingerprint density at radius 3 is 2.33 bits per heavy atom. The molecule has 1 aromatic heterocycles. The van der Waals surface area contributed by atoms with Crippen LogP contribution in [-0.4, -0.2) is 154 Å². The fourth-order valence-corrected chi connectivity index (χ4v) is 8.00. The largest absolute Gasteiger partial charge is 0.490 e. The second kappa shape index (κ2) is 21.6. The minimum absolute atomic E-state index is 0.00528. The van der Waals surface area contributed by atoms with Crippen molar-refractivity contribution < 1.29 is 44.6 Å². The molecule has 1 saturated heterocycles. The number of aliphatic hydroxyl groups is 5. The number of piperazine rings is 1. The Morgan fingerprint density at radius 1 is 0.933 bits per heavy atom. The highest BCUT2D eigenvalue weighted by atomic mass is 35.5. The molecule has 0 spiro atoms. The Kier molecular flexibility index (Phi) is 16.6. The highest BCUT2D eigenvalue weighted by Crippen LogP contribution is 2.53. The summed E-state index contributed by atoms with van der Waals surface area (Å²) >= 11 is 13.5. The molecule has 6 rings (SSSR count). The number of nitrogens with one attached hydrogen (secondary N) is 1. The average molecular weight is 873 g/mol. The fraction of sp³-hybridized carbons (Fsp3) is 0.568. The van der Waals surface area contributed by atoms with Gasteiger partial charge >= 0.3 is 0 Å². The number of likely N-dealkylation sites (N-methyl/N-ethyl adjacent to an activating group) is 1. The molecule has 2 saturated carbocycles. The van der Waals surface area contributed by atoms with E-state index >= 15 is 0 Å². The van der Waals surface area contributed by atoms with E-state index in [0.717, 1.165) is 78.8 Å². The van der Waals surface area contributed by atoms with Crippen LogP contribution in [0, 0.1) is 0 Å². The third-order valence-corrected chi connectivity index (χ3v) is 12.3. The van der Waals surface area contributed by atoms with Gasteiger partial charge in [-0.25, -0.2) is 0 Å². The lowest BCUT2D eigenvalue weighted by molar-refractivity contribution is -0.139. The first-order valence-electron chi connectivity index (χ1n) is 21.0. The van der Waals surface area contributed by atoms with E-state index in [9.17, 15) is 30.0 Å². The average Bonchev–Trinajstić information content (AvgIpc) is 4.20. The summed E-state index contributed by atoms with van der Waals surface area (Å²) in [5, 5.41) is 52.7. The molecule has 0 bridgehead atoms. The van der Waals surface area contributed by atoms with Gasteiger partial charge in [0, 0.05) is 92.8 Å². The lowest BCUT2D eigenvalue weighted by atomic mass is 9.96. The molecule has 2 aliphatic carbocycles. The van der Waals surface area contributed by atoms with Crippen LogP contribution in [0.25, 0.3) is 11.1 Å². The normalized spacial score (nSPS) is 18.7. The number of pyridine rings is 1. The van der Waals surface area contributed by atoms with E-state index in [1.165, 1.54) is 11.9 Å². The predicted molar refractivity (Wildman–Crippen MR) is 228 cm³/mol. The molecule has 1 aliphatic heterocycles. The van der Waals surface area contributed by atoms with E-state index in [4.69, 9.17) is 37.8 Å². The molecule has 60 heavy (non-hydrogen) atoms. The number of aliphatic hydroxyl groups excluding tert-OH is 5. The summed E-state index contributed by atoms with van der Waals surface area (Å²) in [7, 11) is 1.49. The van der Waals surface area contributed by atoms with Crippen molar-refractivity contribution in [1.29, 1.82) is 0 Å². The molecule has 3 aliphatic rings.